The van der Waals surface area contributed by atoms with Crippen molar-refractivity contribution in [3.63, 3.8) is 0 Å². The van der Waals surface area contributed by atoms with E-state index in [1.165, 1.54) is 12.1 Å². The third-order valence-electron chi connectivity index (χ3n) is 5.68. The highest BCUT2D eigenvalue weighted by molar-refractivity contribution is 6.14. The summed E-state index contributed by atoms with van der Waals surface area (Å²) in [6.07, 6.45) is 10.7. The summed E-state index contributed by atoms with van der Waals surface area (Å²) in [6.45, 7) is 0. The Kier molecular flexibility index (Phi) is 3.11. The Balaban J connectivity index is 1.49. The summed E-state index contributed by atoms with van der Waals surface area (Å²) in [5.41, 5.74) is 9.77. The van der Waals surface area contributed by atoms with Gasteiger partial charge in [0.15, 0.2) is 0 Å². The lowest BCUT2D eigenvalue weighted by Gasteiger charge is -2.28. The summed E-state index contributed by atoms with van der Waals surface area (Å²) in [5, 5.41) is 3.07. The minimum atomic E-state index is -0.614. The summed E-state index contributed by atoms with van der Waals surface area (Å²) in [6, 6.07) is 6.73. The van der Waals surface area contributed by atoms with Crippen molar-refractivity contribution in [2.75, 3.05) is 0 Å². The molecule has 5 rings (SSSR count). The maximum atomic E-state index is 13.6. The van der Waals surface area contributed by atoms with Crippen LogP contribution in [-0.4, -0.2) is 17.8 Å². The largest absolute Gasteiger partial charge is 0.386 e. The molecule has 0 saturated heterocycles. The van der Waals surface area contributed by atoms with Crippen molar-refractivity contribution in [3.05, 3.63) is 76.8 Å². The zero-order valence-corrected chi connectivity index (χ0v) is 14.1. The Morgan fingerprint density at radius 1 is 1.31 bits per heavy atom. The Morgan fingerprint density at radius 2 is 2.15 bits per heavy atom. The summed E-state index contributed by atoms with van der Waals surface area (Å²) in [5.74, 6) is 0.0899. The number of carbonyl (C=O) groups is 1. The van der Waals surface area contributed by atoms with Crippen LogP contribution in [0.4, 0.5) is 4.39 Å². The van der Waals surface area contributed by atoms with Gasteiger partial charge in [-0.3, -0.25) is 4.79 Å². The van der Waals surface area contributed by atoms with Crippen molar-refractivity contribution in [1.82, 2.24) is 5.32 Å². The van der Waals surface area contributed by atoms with Crippen LogP contribution < -0.4 is 11.1 Å². The first-order valence-corrected chi connectivity index (χ1v) is 8.87. The Bertz CT molecular complexity index is 994. The van der Waals surface area contributed by atoms with Crippen LogP contribution in [0.25, 0.3) is 5.57 Å². The van der Waals surface area contributed by atoms with Crippen molar-refractivity contribution in [2.45, 2.75) is 25.3 Å². The highest BCUT2D eigenvalue weighted by Crippen LogP contribution is 2.62. The van der Waals surface area contributed by atoms with Crippen LogP contribution in [0.3, 0.4) is 0 Å². The Labute approximate surface area is 150 Å². The molecule has 26 heavy (non-hydrogen) atoms. The second-order valence-corrected chi connectivity index (χ2v) is 7.20. The van der Waals surface area contributed by atoms with E-state index in [-0.39, 0.29) is 17.8 Å². The van der Waals surface area contributed by atoms with Crippen LogP contribution in [0.15, 0.2) is 70.4 Å². The smallest absolute Gasteiger partial charge is 0.253 e. The zero-order chi connectivity index (χ0) is 17.9. The minimum Gasteiger partial charge on any atom is -0.386 e. The first-order valence-electron chi connectivity index (χ1n) is 8.87. The van der Waals surface area contributed by atoms with E-state index in [2.05, 4.69) is 10.3 Å². The molecular formula is C21H18FN3O. The molecule has 1 aliphatic heterocycles. The topological polar surface area (TPSA) is 67.5 Å². The van der Waals surface area contributed by atoms with Crippen LogP contribution in [0.2, 0.25) is 0 Å². The standard InChI is InChI=1S/C21H18FN3O/c22-14-4-1-3-12(9-14)13-7-8-17-18-16(19(26)25-15-5-2-6-15)11-24-20(23)21(17,18)10-13/h1,3-4,7-11,15H,2,5-6H2,(H2,23,24)(H,25,26). The van der Waals surface area contributed by atoms with Crippen LogP contribution in [0, 0.1) is 11.2 Å². The molecule has 1 unspecified atom stereocenters. The second kappa shape index (κ2) is 5.27. The van der Waals surface area contributed by atoms with Gasteiger partial charge in [-0.1, -0.05) is 30.4 Å². The SMILES string of the molecule is NC1=NC=C(C(=O)NC2CCC2)C2=C3C=CC(c4cccc(F)c4)=CC132. The molecule has 0 aromatic heterocycles. The highest BCUT2D eigenvalue weighted by Gasteiger charge is 2.58. The lowest BCUT2D eigenvalue weighted by atomic mass is 9.84. The average molecular weight is 347 g/mol. The molecule has 1 saturated carbocycles. The molecule has 0 bridgehead atoms. The van der Waals surface area contributed by atoms with E-state index in [9.17, 15) is 9.18 Å². The number of nitrogens with zero attached hydrogens (tertiary/aromatic N) is 1. The van der Waals surface area contributed by atoms with Gasteiger partial charge in [0.2, 0.25) is 0 Å². The molecule has 1 heterocycles. The molecule has 4 aliphatic rings. The maximum Gasteiger partial charge on any atom is 0.253 e. The van der Waals surface area contributed by atoms with Crippen molar-refractivity contribution in [3.8, 4) is 0 Å². The van der Waals surface area contributed by atoms with Gasteiger partial charge in [-0.25, -0.2) is 9.38 Å². The molecule has 1 aromatic carbocycles. The number of benzene rings is 1. The molecule has 4 nitrogen and oxygen atoms in total. The van der Waals surface area contributed by atoms with E-state index >= 15 is 0 Å². The predicted octanol–water partition coefficient (Wildman–Crippen LogP) is 3.00. The summed E-state index contributed by atoms with van der Waals surface area (Å²) in [7, 11) is 0. The first-order chi connectivity index (χ1) is 12.6. The fourth-order valence-corrected chi connectivity index (χ4v) is 3.97. The number of nitrogens with two attached hydrogens (primary N) is 1. The lowest BCUT2D eigenvalue weighted by molar-refractivity contribution is -0.118. The van der Waals surface area contributed by atoms with E-state index in [0.717, 1.165) is 41.5 Å². The number of rotatable bonds is 3. The fourth-order valence-electron chi connectivity index (χ4n) is 3.97. The normalized spacial score (nSPS) is 26.1. The van der Waals surface area contributed by atoms with Crippen LogP contribution in [0.5, 0.6) is 0 Å². The first kappa shape index (κ1) is 15.3. The Hall–Kier alpha value is -2.95. The van der Waals surface area contributed by atoms with Crippen molar-refractivity contribution >= 4 is 17.3 Å². The van der Waals surface area contributed by atoms with E-state index in [0.29, 0.717) is 11.4 Å². The van der Waals surface area contributed by atoms with E-state index in [1.807, 2.05) is 24.3 Å². The summed E-state index contributed by atoms with van der Waals surface area (Å²) < 4.78 is 13.6. The van der Waals surface area contributed by atoms with Gasteiger partial charge in [-0.2, -0.15) is 0 Å². The predicted molar refractivity (Wildman–Crippen MR) is 98.5 cm³/mol. The van der Waals surface area contributed by atoms with Gasteiger partial charge < -0.3 is 11.1 Å². The third kappa shape index (κ3) is 2.06. The molecule has 5 heteroatoms. The Morgan fingerprint density at radius 3 is 2.88 bits per heavy atom. The maximum absolute atomic E-state index is 13.6. The molecule has 1 atom stereocenters. The van der Waals surface area contributed by atoms with Crippen LogP contribution >= 0.6 is 0 Å². The molecule has 1 amide bonds. The van der Waals surface area contributed by atoms with Gasteiger partial charge in [0, 0.05) is 12.2 Å². The number of allylic oxidation sites excluding steroid dienone is 3. The molecule has 1 fully saturated rings. The number of aliphatic imine (C=N–C) groups is 1. The van der Waals surface area contributed by atoms with E-state index < -0.39 is 5.41 Å². The molecule has 1 aromatic rings. The third-order valence-corrected chi connectivity index (χ3v) is 5.68. The number of nitrogens with one attached hydrogen (secondary N) is 1. The average Bonchev–Trinajstić information content (AvgIpc) is 3.29. The summed E-state index contributed by atoms with van der Waals surface area (Å²) in [4.78, 5) is 17.0. The number of carbonyl (C=O) groups excluding carboxylic acids is 1. The number of amides is 1. The van der Waals surface area contributed by atoms with Gasteiger partial charge in [0.25, 0.3) is 5.91 Å². The van der Waals surface area contributed by atoms with Crippen LogP contribution in [0.1, 0.15) is 24.8 Å². The number of amidine groups is 1. The van der Waals surface area contributed by atoms with Gasteiger partial charge in [-0.15, -0.1) is 0 Å². The number of hydrogen-bond donors (Lipinski definition) is 2. The van der Waals surface area contributed by atoms with Gasteiger partial charge in [-0.05, 0) is 53.7 Å². The van der Waals surface area contributed by atoms with Crippen molar-refractivity contribution in [2.24, 2.45) is 16.1 Å². The van der Waals surface area contributed by atoms with E-state index in [1.54, 1.807) is 12.3 Å². The molecule has 0 radical (unpaired) electrons. The molecule has 3 N–H and O–H groups in total. The molecular weight excluding hydrogens is 329 g/mol. The lowest BCUT2D eigenvalue weighted by Crippen LogP contribution is -2.41. The molecule has 1 spiro atoms. The van der Waals surface area contributed by atoms with Crippen molar-refractivity contribution in [1.29, 1.82) is 0 Å². The van der Waals surface area contributed by atoms with Crippen molar-refractivity contribution < 1.29 is 9.18 Å². The number of halogens is 1. The second-order valence-electron chi connectivity index (χ2n) is 7.20. The summed E-state index contributed by atoms with van der Waals surface area (Å²) >= 11 is 0. The van der Waals surface area contributed by atoms with Gasteiger partial charge in [0.05, 0.1) is 11.0 Å². The fraction of sp³-hybridized carbons (Fsp3) is 0.238. The quantitative estimate of drug-likeness (QED) is 0.883. The van der Waals surface area contributed by atoms with Gasteiger partial charge in [0.1, 0.15) is 11.7 Å². The zero-order valence-electron chi connectivity index (χ0n) is 14.1. The minimum absolute atomic E-state index is 0.0867. The van der Waals surface area contributed by atoms with E-state index in [4.69, 9.17) is 5.73 Å². The highest BCUT2D eigenvalue weighted by atomic mass is 19.1. The molecule has 130 valence electrons. The molecule has 3 aliphatic carbocycles. The monoisotopic (exact) mass is 347 g/mol. The van der Waals surface area contributed by atoms with Crippen LogP contribution in [-0.2, 0) is 4.79 Å². The van der Waals surface area contributed by atoms with Gasteiger partial charge >= 0.3 is 0 Å². The number of hydrogen-bond acceptors (Lipinski definition) is 3.